The molecule has 0 bridgehead atoms. The lowest BCUT2D eigenvalue weighted by atomic mass is 10.00. The second-order valence-corrected chi connectivity index (χ2v) is 6.46. The van der Waals surface area contributed by atoms with Crippen LogP contribution >= 0.6 is 11.6 Å². The number of carbonyl (C=O) groups is 1. The van der Waals surface area contributed by atoms with Gasteiger partial charge >= 0.3 is 0 Å². The van der Waals surface area contributed by atoms with E-state index in [1.54, 1.807) is 18.2 Å². The van der Waals surface area contributed by atoms with E-state index in [0.717, 1.165) is 25.1 Å². The number of amides is 1. The zero-order chi connectivity index (χ0) is 17.1. The molecule has 1 atom stereocenters. The molecule has 1 unspecified atom stereocenters. The fourth-order valence-corrected chi connectivity index (χ4v) is 3.35. The number of hydrogen-bond donors (Lipinski definition) is 2. The van der Waals surface area contributed by atoms with Crippen molar-refractivity contribution in [3.8, 4) is 0 Å². The molecule has 24 heavy (non-hydrogen) atoms. The van der Waals surface area contributed by atoms with Gasteiger partial charge in [-0.15, -0.1) is 0 Å². The Balaban J connectivity index is 1.89. The molecular formula is C19H22ClN3O. The van der Waals surface area contributed by atoms with Crippen molar-refractivity contribution in [2.45, 2.75) is 19.4 Å². The normalized spacial score (nSPS) is 17.8. The number of carbonyl (C=O) groups excluding carboxylic acids is 1. The summed E-state index contributed by atoms with van der Waals surface area (Å²) < 4.78 is 0. The third kappa shape index (κ3) is 3.40. The Morgan fingerprint density at radius 2 is 2.04 bits per heavy atom. The van der Waals surface area contributed by atoms with Gasteiger partial charge in [0.05, 0.1) is 16.6 Å². The van der Waals surface area contributed by atoms with Crippen molar-refractivity contribution < 1.29 is 4.79 Å². The van der Waals surface area contributed by atoms with Gasteiger partial charge in [-0.05, 0) is 35.7 Å². The number of hydrogen-bond acceptors (Lipinski definition) is 3. The fourth-order valence-electron chi connectivity index (χ4n) is 3.08. The highest BCUT2D eigenvalue weighted by Crippen LogP contribution is 2.27. The summed E-state index contributed by atoms with van der Waals surface area (Å²) in [6.07, 6.45) is 1.01. The van der Waals surface area contributed by atoms with Crippen molar-refractivity contribution in [1.82, 2.24) is 10.2 Å². The molecule has 4 nitrogen and oxygen atoms in total. The molecule has 1 fully saturated rings. The molecule has 3 N–H and O–H groups in total. The average Bonchev–Trinajstić information content (AvgIpc) is 2.61. The van der Waals surface area contributed by atoms with Crippen molar-refractivity contribution in [1.29, 1.82) is 0 Å². The van der Waals surface area contributed by atoms with Crippen molar-refractivity contribution >= 4 is 23.2 Å². The third-order valence-electron chi connectivity index (χ3n) is 4.50. The number of nitrogens with one attached hydrogen (secondary N) is 1. The lowest BCUT2D eigenvalue weighted by Gasteiger charge is -2.37. The molecule has 1 heterocycles. The van der Waals surface area contributed by atoms with E-state index in [1.165, 1.54) is 5.56 Å². The minimum absolute atomic E-state index is 0.00535. The van der Waals surface area contributed by atoms with Crippen LogP contribution in [0.2, 0.25) is 5.02 Å². The molecule has 0 aliphatic carbocycles. The monoisotopic (exact) mass is 343 g/mol. The summed E-state index contributed by atoms with van der Waals surface area (Å²) in [7, 11) is 0. The predicted octanol–water partition coefficient (Wildman–Crippen LogP) is 3.27. The van der Waals surface area contributed by atoms with Crippen LogP contribution in [0.15, 0.2) is 42.5 Å². The number of halogens is 1. The molecule has 0 aromatic heterocycles. The number of nitrogen functional groups attached to an aromatic ring is 1. The summed E-state index contributed by atoms with van der Waals surface area (Å²) >= 11 is 6.23. The molecule has 0 saturated carbocycles. The Morgan fingerprint density at radius 1 is 1.29 bits per heavy atom. The van der Waals surface area contributed by atoms with Gasteiger partial charge in [0.15, 0.2) is 0 Å². The van der Waals surface area contributed by atoms with Crippen molar-refractivity contribution in [3.63, 3.8) is 0 Å². The highest BCUT2D eigenvalue weighted by Gasteiger charge is 2.29. The minimum atomic E-state index is -0.0499. The summed E-state index contributed by atoms with van der Waals surface area (Å²) in [5.74, 6) is -0.0499. The number of nitrogens with two attached hydrogens (primary N) is 1. The summed E-state index contributed by atoms with van der Waals surface area (Å²) in [5.41, 5.74) is 9.23. The van der Waals surface area contributed by atoms with Crippen LogP contribution in [0.5, 0.6) is 0 Å². The minimum Gasteiger partial charge on any atom is -0.399 e. The first-order valence-corrected chi connectivity index (χ1v) is 8.63. The van der Waals surface area contributed by atoms with Gasteiger partial charge in [0.1, 0.15) is 0 Å². The van der Waals surface area contributed by atoms with Crippen LogP contribution in [0, 0.1) is 0 Å². The highest BCUT2D eigenvalue weighted by atomic mass is 35.5. The largest absolute Gasteiger partial charge is 0.399 e. The molecule has 1 saturated heterocycles. The summed E-state index contributed by atoms with van der Waals surface area (Å²) in [4.78, 5) is 14.9. The topological polar surface area (TPSA) is 58.4 Å². The van der Waals surface area contributed by atoms with E-state index < -0.39 is 0 Å². The lowest BCUT2D eigenvalue weighted by Crippen LogP contribution is -2.48. The van der Waals surface area contributed by atoms with Gasteiger partial charge in [-0.25, -0.2) is 0 Å². The average molecular weight is 344 g/mol. The number of benzene rings is 2. The van der Waals surface area contributed by atoms with Crippen molar-refractivity contribution in [2.75, 3.05) is 25.4 Å². The highest BCUT2D eigenvalue weighted by molar-refractivity contribution is 6.34. The summed E-state index contributed by atoms with van der Waals surface area (Å²) in [6, 6.07) is 13.5. The van der Waals surface area contributed by atoms with Gasteiger partial charge in [-0.2, -0.15) is 0 Å². The first-order valence-electron chi connectivity index (χ1n) is 8.25. The van der Waals surface area contributed by atoms with E-state index in [9.17, 15) is 4.79 Å². The Morgan fingerprint density at radius 3 is 2.71 bits per heavy atom. The van der Waals surface area contributed by atoms with Gasteiger partial charge in [0.2, 0.25) is 0 Å². The molecule has 0 radical (unpaired) electrons. The van der Waals surface area contributed by atoms with E-state index in [-0.39, 0.29) is 11.9 Å². The lowest BCUT2D eigenvalue weighted by molar-refractivity contribution is 0.0634. The number of rotatable bonds is 3. The zero-order valence-corrected chi connectivity index (χ0v) is 14.5. The molecule has 2 aromatic rings. The molecule has 1 aliphatic rings. The number of piperazine rings is 1. The Bertz CT molecular complexity index is 730. The Kier molecular flexibility index (Phi) is 5.07. The SMILES string of the molecule is CCc1ccc(C2CNCCN2C(=O)c2ccc(N)cc2Cl)cc1. The second kappa shape index (κ2) is 7.24. The molecule has 5 heteroatoms. The van der Waals surface area contributed by atoms with E-state index in [1.807, 2.05) is 4.90 Å². The quantitative estimate of drug-likeness (QED) is 0.841. The summed E-state index contributed by atoms with van der Waals surface area (Å²) in [5, 5.41) is 3.78. The fraction of sp³-hybridized carbons (Fsp3) is 0.316. The van der Waals surface area contributed by atoms with Crippen LogP contribution in [0.4, 0.5) is 5.69 Å². The van der Waals surface area contributed by atoms with Crippen LogP contribution in [0.1, 0.15) is 34.5 Å². The van der Waals surface area contributed by atoms with E-state index >= 15 is 0 Å². The number of anilines is 1. The van der Waals surface area contributed by atoms with Crippen LogP contribution in [0.25, 0.3) is 0 Å². The van der Waals surface area contributed by atoms with E-state index in [2.05, 4.69) is 36.5 Å². The summed E-state index contributed by atoms with van der Waals surface area (Å²) in [6.45, 7) is 4.31. The first kappa shape index (κ1) is 16.8. The standard InChI is InChI=1S/C19H22ClN3O/c1-2-13-3-5-14(6-4-13)18-12-22-9-10-23(18)19(24)16-8-7-15(21)11-17(16)20/h3-8,11,18,22H,2,9-10,12,21H2,1H3. The van der Waals surface area contributed by atoms with Gasteiger partial charge in [-0.3, -0.25) is 4.79 Å². The predicted molar refractivity (Wildman–Crippen MR) is 98.3 cm³/mol. The molecule has 0 spiro atoms. The van der Waals surface area contributed by atoms with Crippen molar-refractivity contribution in [3.05, 3.63) is 64.2 Å². The Hall–Kier alpha value is -2.04. The maximum absolute atomic E-state index is 13.0. The Labute approximate surface area is 147 Å². The third-order valence-corrected chi connectivity index (χ3v) is 4.81. The maximum atomic E-state index is 13.0. The van der Waals surface area contributed by atoms with Gasteiger partial charge in [-0.1, -0.05) is 42.8 Å². The van der Waals surface area contributed by atoms with Gasteiger partial charge in [0.25, 0.3) is 5.91 Å². The molecule has 3 rings (SSSR count). The molecule has 2 aromatic carbocycles. The van der Waals surface area contributed by atoms with E-state index in [0.29, 0.717) is 22.8 Å². The first-order chi connectivity index (χ1) is 11.6. The van der Waals surface area contributed by atoms with Gasteiger partial charge in [0, 0.05) is 25.3 Å². The van der Waals surface area contributed by atoms with E-state index in [4.69, 9.17) is 17.3 Å². The van der Waals surface area contributed by atoms with Gasteiger partial charge < -0.3 is 16.0 Å². The smallest absolute Gasteiger partial charge is 0.255 e. The van der Waals surface area contributed by atoms with Crippen LogP contribution < -0.4 is 11.1 Å². The van der Waals surface area contributed by atoms with Crippen molar-refractivity contribution in [2.24, 2.45) is 0 Å². The second-order valence-electron chi connectivity index (χ2n) is 6.05. The number of nitrogens with zero attached hydrogens (tertiary/aromatic N) is 1. The molecular weight excluding hydrogens is 322 g/mol. The zero-order valence-electron chi connectivity index (χ0n) is 13.8. The molecule has 1 aliphatic heterocycles. The van der Waals surface area contributed by atoms with Crippen LogP contribution in [-0.4, -0.2) is 30.4 Å². The number of aryl methyl sites for hydroxylation is 1. The molecule has 126 valence electrons. The molecule has 1 amide bonds. The van der Waals surface area contributed by atoms with Crippen LogP contribution in [-0.2, 0) is 6.42 Å². The maximum Gasteiger partial charge on any atom is 0.255 e. The van der Waals surface area contributed by atoms with Crippen LogP contribution in [0.3, 0.4) is 0 Å².